The number of anilines is 4. The third kappa shape index (κ3) is 11.7. The molecular formula is C50H54N4O4. The number of ether oxygens (including phenoxy) is 2. The van der Waals surface area contributed by atoms with Crippen LogP contribution in [0.3, 0.4) is 0 Å². The zero-order chi connectivity index (χ0) is 42.3. The van der Waals surface area contributed by atoms with Gasteiger partial charge in [-0.2, -0.15) is 0 Å². The second-order valence-corrected chi connectivity index (χ2v) is 17.2. The fourth-order valence-electron chi connectivity index (χ4n) is 5.85. The molecule has 5 rings (SSSR count). The number of urea groups is 2. The molecule has 0 aliphatic rings. The van der Waals surface area contributed by atoms with E-state index in [4.69, 9.17) is 9.47 Å². The fraction of sp³-hybridized carbons (Fsp3) is 0.280. The Kier molecular flexibility index (Phi) is 12.9. The van der Waals surface area contributed by atoms with E-state index in [9.17, 15) is 9.59 Å². The van der Waals surface area contributed by atoms with Crippen molar-refractivity contribution < 1.29 is 19.1 Å². The zero-order valence-corrected chi connectivity index (χ0v) is 35.4. The minimum absolute atomic E-state index is 0.135. The van der Waals surface area contributed by atoms with Crippen molar-refractivity contribution in [2.24, 2.45) is 0 Å². The minimum Gasteiger partial charge on any atom is -0.497 e. The summed E-state index contributed by atoms with van der Waals surface area (Å²) in [6.07, 6.45) is 0. The van der Waals surface area contributed by atoms with Gasteiger partial charge >= 0.3 is 12.1 Å². The van der Waals surface area contributed by atoms with E-state index in [1.54, 1.807) is 62.8 Å². The van der Waals surface area contributed by atoms with Crippen LogP contribution in [0, 0.1) is 23.7 Å². The lowest BCUT2D eigenvalue weighted by Gasteiger charge is -2.21. The molecule has 8 heteroatoms. The van der Waals surface area contributed by atoms with E-state index in [-0.39, 0.29) is 28.3 Å². The Labute approximate surface area is 344 Å². The first-order valence-corrected chi connectivity index (χ1v) is 19.2. The van der Waals surface area contributed by atoms with E-state index < -0.39 is 0 Å². The molecule has 0 aliphatic heterocycles. The quantitative estimate of drug-likeness (QED) is 0.129. The monoisotopic (exact) mass is 774 g/mol. The highest BCUT2D eigenvalue weighted by atomic mass is 16.5. The zero-order valence-electron chi connectivity index (χ0n) is 35.4. The number of rotatable bonds is 6. The molecule has 0 saturated heterocycles. The molecule has 0 fully saturated rings. The summed E-state index contributed by atoms with van der Waals surface area (Å²) in [6, 6.07) is 31.6. The lowest BCUT2D eigenvalue weighted by Crippen LogP contribution is -2.20. The first kappa shape index (κ1) is 42.5. The molecule has 0 aromatic heterocycles. The average Bonchev–Trinajstić information content (AvgIpc) is 3.16. The molecule has 298 valence electrons. The Morgan fingerprint density at radius 2 is 0.793 bits per heavy atom. The molecule has 8 nitrogen and oxygen atoms in total. The molecule has 0 heterocycles. The molecule has 0 atom stereocenters. The number of hydrogen-bond acceptors (Lipinski definition) is 4. The highest BCUT2D eigenvalue weighted by Crippen LogP contribution is 2.30. The van der Waals surface area contributed by atoms with Gasteiger partial charge in [-0.3, -0.25) is 0 Å². The molecule has 0 radical (unpaired) electrons. The molecule has 5 aromatic carbocycles. The molecule has 0 saturated carbocycles. The van der Waals surface area contributed by atoms with Crippen LogP contribution in [0.4, 0.5) is 32.3 Å². The molecule has 4 N–H and O–H groups in total. The van der Waals surface area contributed by atoms with Crippen LogP contribution < -0.4 is 30.7 Å². The number of hydrogen-bond donors (Lipinski definition) is 4. The standard InChI is InChI=1S/C50H54N4O4/c1-48(2,3)37-16-26-44(53-46(55)51-40-18-22-42(57-10)23-19-40)35(31-37)14-12-33-28-34(30-39(29-33)50(7,8)9)13-15-36-32-38(49(4,5)6)17-27-45(36)54-47(56)52-41-20-24-43(58-11)25-21-41/h16-32H,1-11H3,(H2,51,53,55)(H2,52,54,56). The molecule has 4 amide bonds. The van der Waals surface area contributed by atoms with Crippen molar-refractivity contribution in [3.63, 3.8) is 0 Å². The van der Waals surface area contributed by atoms with Crippen LogP contribution in [0.15, 0.2) is 103 Å². The van der Waals surface area contributed by atoms with Crippen molar-refractivity contribution in [2.45, 2.75) is 78.6 Å². The second kappa shape index (κ2) is 17.7. The van der Waals surface area contributed by atoms with E-state index >= 15 is 0 Å². The van der Waals surface area contributed by atoms with Crippen molar-refractivity contribution >= 4 is 34.8 Å². The van der Waals surface area contributed by atoms with Gasteiger partial charge in [0.1, 0.15) is 11.5 Å². The first-order chi connectivity index (χ1) is 27.3. The van der Waals surface area contributed by atoms with Gasteiger partial charge in [-0.1, -0.05) is 98.1 Å². The first-order valence-electron chi connectivity index (χ1n) is 19.2. The SMILES string of the molecule is COc1ccc(NC(=O)Nc2ccc(C(C)(C)C)cc2C#Cc2cc(C#Cc3cc(C(C)(C)C)ccc3NC(=O)Nc3ccc(OC)cc3)cc(C(C)(C)C)c2)cc1. The molecule has 0 unspecified atom stereocenters. The van der Waals surface area contributed by atoms with Crippen LogP contribution in [0.25, 0.3) is 0 Å². The Morgan fingerprint density at radius 3 is 1.12 bits per heavy atom. The van der Waals surface area contributed by atoms with Crippen LogP contribution >= 0.6 is 0 Å². The normalized spacial score (nSPS) is 11.2. The lowest BCUT2D eigenvalue weighted by atomic mass is 9.84. The van der Waals surface area contributed by atoms with Gasteiger partial charge in [-0.15, -0.1) is 0 Å². The maximum Gasteiger partial charge on any atom is 0.323 e. The van der Waals surface area contributed by atoms with E-state index in [1.165, 1.54) is 0 Å². The van der Waals surface area contributed by atoms with Gasteiger partial charge in [0.15, 0.2) is 0 Å². The Bertz CT molecular complexity index is 2250. The summed E-state index contributed by atoms with van der Waals surface area (Å²) in [4.78, 5) is 26.3. The lowest BCUT2D eigenvalue weighted by molar-refractivity contribution is 0.261. The second-order valence-electron chi connectivity index (χ2n) is 17.2. The van der Waals surface area contributed by atoms with Crippen LogP contribution in [0.5, 0.6) is 11.5 Å². The van der Waals surface area contributed by atoms with Gasteiger partial charge in [0.05, 0.1) is 25.6 Å². The number of carbonyl (C=O) groups excluding carboxylic acids is 2. The third-order valence-electron chi connectivity index (χ3n) is 9.45. The number of benzene rings is 5. The summed E-state index contributed by atoms with van der Waals surface area (Å²) in [7, 11) is 3.20. The molecule has 0 aliphatic carbocycles. The number of nitrogens with one attached hydrogen (secondary N) is 4. The van der Waals surface area contributed by atoms with Crippen LogP contribution in [-0.4, -0.2) is 26.3 Å². The van der Waals surface area contributed by atoms with Gasteiger partial charge in [-0.05, 0) is 124 Å². The Morgan fingerprint density at radius 1 is 0.431 bits per heavy atom. The van der Waals surface area contributed by atoms with Crippen LogP contribution in [0.2, 0.25) is 0 Å². The largest absolute Gasteiger partial charge is 0.497 e. The predicted octanol–water partition coefficient (Wildman–Crippen LogP) is 11.7. The number of carbonyl (C=O) groups is 2. The molecule has 0 bridgehead atoms. The summed E-state index contributed by atoms with van der Waals surface area (Å²) in [5.74, 6) is 14.9. The topological polar surface area (TPSA) is 101 Å². The van der Waals surface area contributed by atoms with Crippen LogP contribution in [0.1, 0.15) is 101 Å². The van der Waals surface area contributed by atoms with E-state index in [0.717, 1.165) is 27.8 Å². The van der Waals surface area contributed by atoms with E-state index in [0.29, 0.717) is 45.4 Å². The van der Waals surface area contributed by atoms with E-state index in [1.807, 2.05) is 42.5 Å². The Balaban J connectivity index is 1.50. The summed E-state index contributed by atoms with van der Waals surface area (Å²) in [5, 5.41) is 11.8. The molecule has 58 heavy (non-hydrogen) atoms. The van der Waals surface area contributed by atoms with Gasteiger partial charge in [0, 0.05) is 33.6 Å². The third-order valence-corrected chi connectivity index (χ3v) is 9.45. The highest BCUT2D eigenvalue weighted by Gasteiger charge is 2.19. The summed E-state index contributed by atoms with van der Waals surface area (Å²) < 4.78 is 10.5. The van der Waals surface area contributed by atoms with Crippen molar-refractivity contribution in [1.82, 2.24) is 0 Å². The number of methoxy groups -OCH3 is 2. The smallest absolute Gasteiger partial charge is 0.323 e. The molecule has 0 spiro atoms. The highest BCUT2D eigenvalue weighted by molar-refractivity contribution is 6.01. The fourth-order valence-corrected chi connectivity index (χ4v) is 5.85. The predicted molar refractivity (Wildman–Crippen MR) is 239 cm³/mol. The average molecular weight is 775 g/mol. The molecule has 5 aromatic rings. The number of amides is 4. The summed E-state index contributed by atoms with van der Waals surface area (Å²) in [5.41, 5.74) is 8.19. The van der Waals surface area contributed by atoms with Gasteiger partial charge in [0.2, 0.25) is 0 Å². The van der Waals surface area contributed by atoms with E-state index in [2.05, 4.69) is 119 Å². The van der Waals surface area contributed by atoms with Crippen LogP contribution in [-0.2, 0) is 16.2 Å². The summed E-state index contributed by atoms with van der Waals surface area (Å²) in [6.45, 7) is 19.3. The summed E-state index contributed by atoms with van der Waals surface area (Å²) >= 11 is 0. The van der Waals surface area contributed by atoms with Crippen molar-refractivity contribution in [3.05, 3.63) is 142 Å². The molecular weight excluding hydrogens is 721 g/mol. The minimum atomic E-state index is -0.383. The van der Waals surface area contributed by atoms with Crippen molar-refractivity contribution in [2.75, 3.05) is 35.5 Å². The van der Waals surface area contributed by atoms with Gasteiger partial charge in [0.25, 0.3) is 0 Å². The maximum atomic E-state index is 13.1. The van der Waals surface area contributed by atoms with Crippen molar-refractivity contribution in [1.29, 1.82) is 0 Å². The van der Waals surface area contributed by atoms with Gasteiger partial charge in [-0.25, -0.2) is 9.59 Å². The Hall–Kier alpha value is -6.64. The van der Waals surface area contributed by atoms with Gasteiger partial charge < -0.3 is 30.7 Å². The maximum absolute atomic E-state index is 13.1. The van der Waals surface area contributed by atoms with Crippen molar-refractivity contribution in [3.8, 4) is 35.2 Å².